The molecule has 0 radical (unpaired) electrons. The van der Waals surface area contributed by atoms with E-state index < -0.39 is 62.3 Å². The fourth-order valence-electron chi connectivity index (χ4n) is 5.36. The number of hydrogen-bond donors (Lipinski definition) is 4. The zero-order valence-corrected chi connectivity index (χ0v) is 29.5. The molecule has 1 heterocycles. The summed E-state index contributed by atoms with van der Waals surface area (Å²) in [6.45, 7) is 3.91. The van der Waals surface area contributed by atoms with Gasteiger partial charge in [-0.1, -0.05) is 68.3 Å². The van der Waals surface area contributed by atoms with Gasteiger partial charge in [-0.3, -0.25) is 14.4 Å². The molecule has 2 aromatic carbocycles. The number of carboxylic acids is 1. The zero-order chi connectivity index (χ0) is 36.3. The third-order valence-corrected chi connectivity index (χ3v) is 8.95. The van der Waals surface area contributed by atoms with Crippen molar-refractivity contribution in [2.24, 2.45) is 0 Å². The van der Waals surface area contributed by atoms with Crippen molar-refractivity contribution in [3.05, 3.63) is 71.8 Å². The minimum atomic E-state index is -2.77. The number of aliphatic carboxylic acids is 1. The summed E-state index contributed by atoms with van der Waals surface area (Å²) in [6.07, 6.45) is 2.45. The number of carboxylic acid groups (broad SMARTS) is 1. The summed E-state index contributed by atoms with van der Waals surface area (Å²) in [4.78, 5) is 64.1. The van der Waals surface area contributed by atoms with Gasteiger partial charge in [-0.25, -0.2) is 9.59 Å². The highest BCUT2D eigenvalue weighted by Gasteiger charge is 2.40. The number of benzene rings is 2. The van der Waals surface area contributed by atoms with Crippen molar-refractivity contribution in [1.82, 2.24) is 20.9 Å². The second-order valence-corrected chi connectivity index (χ2v) is 12.9. The number of nitrogens with one attached hydrogen (secondary N) is 3. The molecule has 5 atom stereocenters. The minimum absolute atomic E-state index is 0.146. The Morgan fingerprint density at radius 3 is 2.34 bits per heavy atom. The molecule has 1 aliphatic heterocycles. The zero-order valence-electron chi connectivity index (χ0n) is 28.6. The summed E-state index contributed by atoms with van der Waals surface area (Å²) < 4.78 is 28.6. The first-order valence-electron chi connectivity index (χ1n) is 17.0. The number of likely N-dealkylation sites (tertiary alicyclic amines) is 1. The Labute approximate surface area is 293 Å². The maximum absolute atomic E-state index is 13.5. The molecule has 0 saturated carbocycles. The van der Waals surface area contributed by atoms with E-state index in [4.69, 9.17) is 13.8 Å². The lowest BCUT2D eigenvalue weighted by atomic mass is 10.1. The molecule has 50 heavy (non-hydrogen) atoms. The van der Waals surface area contributed by atoms with Gasteiger partial charge in [-0.05, 0) is 63.1 Å². The lowest BCUT2D eigenvalue weighted by molar-refractivity contribution is -0.151. The van der Waals surface area contributed by atoms with Gasteiger partial charge in [0, 0.05) is 23.2 Å². The molecule has 0 aromatic heterocycles. The molecule has 4 N–H and O–H groups in total. The van der Waals surface area contributed by atoms with Crippen molar-refractivity contribution in [2.45, 2.75) is 96.1 Å². The van der Waals surface area contributed by atoms with E-state index in [1.165, 1.54) is 11.8 Å². The van der Waals surface area contributed by atoms with Gasteiger partial charge < -0.3 is 30.7 Å². The van der Waals surface area contributed by atoms with E-state index in [0.717, 1.165) is 18.4 Å². The van der Waals surface area contributed by atoms with Crippen molar-refractivity contribution in [2.75, 3.05) is 19.7 Å². The SMILES string of the molecule is CCCCC(CO[P+](=O)O[C@@H](C)C(=O)N1CCC[C@H]1C(=O)O)NC(=O)[C@H](CCCCNC(=O)OCc1ccccc1)NC(=O)c1ccccc1. The highest BCUT2D eigenvalue weighted by atomic mass is 31.1. The Balaban J connectivity index is 1.53. The van der Waals surface area contributed by atoms with Gasteiger partial charge in [-0.15, -0.1) is 9.05 Å². The molecule has 1 aliphatic rings. The third kappa shape index (κ3) is 13.9. The Bertz CT molecular complexity index is 1410. The average Bonchev–Trinajstić information content (AvgIpc) is 3.62. The van der Waals surface area contributed by atoms with Crippen molar-refractivity contribution < 1.29 is 47.4 Å². The van der Waals surface area contributed by atoms with E-state index >= 15 is 0 Å². The molecule has 0 aliphatic carbocycles. The first-order valence-corrected chi connectivity index (χ1v) is 18.1. The number of carbonyl (C=O) groups is 5. The van der Waals surface area contributed by atoms with Gasteiger partial charge in [0.25, 0.3) is 11.8 Å². The van der Waals surface area contributed by atoms with Crippen LogP contribution < -0.4 is 16.0 Å². The quantitative estimate of drug-likeness (QED) is 0.104. The van der Waals surface area contributed by atoms with Crippen LogP contribution in [0.3, 0.4) is 0 Å². The Hall–Kier alpha value is -4.39. The Kier molecular flexibility index (Phi) is 17.3. The van der Waals surface area contributed by atoms with Gasteiger partial charge in [0.15, 0.2) is 6.10 Å². The second kappa shape index (κ2) is 21.6. The van der Waals surface area contributed by atoms with Gasteiger partial charge >= 0.3 is 20.3 Å². The molecule has 0 bridgehead atoms. The summed E-state index contributed by atoms with van der Waals surface area (Å²) >= 11 is 0. The summed E-state index contributed by atoms with van der Waals surface area (Å²) in [5, 5.41) is 17.8. The van der Waals surface area contributed by atoms with Crippen molar-refractivity contribution in [3.8, 4) is 0 Å². The molecule has 1 fully saturated rings. The number of nitrogens with zero attached hydrogens (tertiary/aromatic N) is 1. The van der Waals surface area contributed by atoms with Crippen LogP contribution in [0, 0.1) is 0 Å². The van der Waals surface area contributed by atoms with Crippen LogP contribution in [-0.2, 0) is 39.3 Å². The molecule has 14 nitrogen and oxygen atoms in total. The molecule has 2 unspecified atom stereocenters. The predicted molar refractivity (Wildman–Crippen MR) is 184 cm³/mol. The summed E-state index contributed by atoms with van der Waals surface area (Å²) in [5.74, 6) is -2.57. The first-order chi connectivity index (χ1) is 24.1. The number of ether oxygens (including phenoxy) is 1. The van der Waals surface area contributed by atoms with Crippen LogP contribution in [0.1, 0.15) is 81.1 Å². The van der Waals surface area contributed by atoms with E-state index in [0.29, 0.717) is 44.2 Å². The normalized spacial score (nSPS) is 16.1. The van der Waals surface area contributed by atoms with Crippen LogP contribution in [0.4, 0.5) is 4.79 Å². The number of carbonyl (C=O) groups excluding carboxylic acids is 4. The van der Waals surface area contributed by atoms with Crippen LogP contribution >= 0.6 is 8.25 Å². The molecule has 1 saturated heterocycles. The Morgan fingerprint density at radius 2 is 1.66 bits per heavy atom. The predicted octanol–water partition coefficient (Wildman–Crippen LogP) is 4.71. The van der Waals surface area contributed by atoms with Crippen LogP contribution in [-0.4, -0.2) is 83.7 Å². The lowest BCUT2D eigenvalue weighted by Crippen LogP contribution is -2.50. The lowest BCUT2D eigenvalue weighted by Gasteiger charge is -2.23. The van der Waals surface area contributed by atoms with E-state index in [-0.39, 0.29) is 26.2 Å². The highest BCUT2D eigenvalue weighted by molar-refractivity contribution is 7.33. The standard InChI is InChI=1S/C35H47N4O10P/c1-3-4-18-28(24-48-50(46)49-25(2)33(42)39-22-13-20-30(39)34(43)44)37-32(41)29(38-31(40)27-16-9-6-10-17-27)19-11-12-21-36-35(45)47-23-26-14-7-5-8-15-26/h5-10,14-17,25,28-30H,3-4,11-13,18-24H2,1-2H3,(H3-,36,37,38,40,41,43,44,45)/p+1/t25-,28?,29-,30-/m0/s1. The molecular weight excluding hydrogens is 667 g/mol. The fraction of sp³-hybridized carbons (Fsp3) is 0.514. The second-order valence-electron chi connectivity index (χ2n) is 12.0. The van der Waals surface area contributed by atoms with Gasteiger partial charge in [0.05, 0.1) is 6.04 Å². The number of rotatable bonds is 21. The van der Waals surface area contributed by atoms with Crippen molar-refractivity contribution >= 4 is 38.0 Å². The molecule has 2 aromatic rings. The summed E-state index contributed by atoms with van der Waals surface area (Å²) in [7, 11) is -2.77. The highest BCUT2D eigenvalue weighted by Crippen LogP contribution is 2.29. The number of alkyl carbamates (subject to hydrolysis) is 1. The van der Waals surface area contributed by atoms with Crippen LogP contribution in [0.5, 0.6) is 0 Å². The van der Waals surface area contributed by atoms with Gasteiger partial charge in [0.1, 0.15) is 25.3 Å². The molecule has 4 amide bonds. The smallest absolute Gasteiger partial charge is 0.480 e. The van der Waals surface area contributed by atoms with Crippen LogP contribution in [0.2, 0.25) is 0 Å². The average molecular weight is 716 g/mol. The largest absolute Gasteiger partial charge is 0.698 e. The summed E-state index contributed by atoms with van der Waals surface area (Å²) in [5.41, 5.74) is 1.26. The van der Waals surface area contributed by atoms with E-state index in [1.54, 1.807) is 30.3 Å². The number of unbranched alkanes of at least 4 members (excludes halogenated alkanes) is 2. The fourth-order valence-corrected chi connectivity index (χ4v) is 6.07. The number of hydrogen-bond acceptors (Lipinski definition) is 9. The van der Waals surface area contributed by atoms with Gasteiger partial charge in [-0.2, -0.15) is 0 Å². The van der Waals surface area contributed by atoms with E-state index in [2.05, 4.69) is 16.0 Å². The van der Waals surface area contributed by atoms with E-state index in [1.807, 2.05) is 37.3 Å². The topological polar surface area (TPSA) is 190 Å². The molecule has 15 heteroatoms. The maximum atomic E-state index is 13.5. The van der Waals surface area contributed by atoms with Gasteiger partial charge in [0.2, 0.25) is 5.91 Å². The number of amides is 4. The minimum Gasteiger partial charge on any atom is -0.480 e. The molecular formula is C35H48N4O10P+. The summed E-state index contributed by atoms with van der Waals surface area (Å²) in [6, 6.07) is 15.4. The molecule has 0 spiro atoms. The van der Waals surface area contributed by atoms with E-state index in [9.17, 15) is 33.6 Å². The van der Waals surface area contributed by atoms with Crippen LogP contribution in [0.25, 0.3) is 0 Å². The monoisotopic (exact) mass is 715 g/mol. The third-order valence-electron chi connectivity index (χ3n) is 8.11. The maximum Gasteiger partial charge on any atom is 0.698 e. The van der Waals surface area contributed by atoms with Crippen molar-refractivity contribution in [1.29, 1.82) is 0 Å². The molecule has 272 valence electrons. The van der Waals surface area contributed by atoms with Crippen molar-refractivity contribution in [3.63, 3.8) is 0 Å². The Morgan fingerprint density at radius 1 is 0.960 bits per heavy atom. The first kappa shape index (κ1) is 40.0. The molecule has 3 rings (SSSR count). The van der Waals surface area contributed by atoms with Crippen LogP contribution in [0.15, 0.2) is 60.7 Å².